The van der Waals surface area contributed by atoms with Crippen LogP contribution in [0.5, 0.6) is 0 Å². The molecule has 1 unspecified atom stereocenters. The molecule has 0 radical (unpaired) electrons. The Labute approximate surface area is 141 Å². The molecule has 0 saturated heterocycles. The average Bonchev–Trinajstić information content (AvgIpc) is 2.53. The van der Waals surface area contributed by atoms with Crippen LogP contribution in [-0.2, 0) is 10.0 Å². The van der Waals surface area contributed by atoms with Crippen LogP contribution in [-0.4, -0.2) is 19.2 Å². The Bertz CT molecular complexity index is 497. The molecule has 6 heteroatoms. The van der Waals surface area contributed by atoms with Crippen molar-refractivity contribution < 1.29 is 13.2 Å². The van der Waals surface area contributed by atoms with Gasteiger partial charge in [-0.05, 0) is 53.1 Å². The van der Waals surface area contributed by atoms with Crippen molar-refractivity contribution in [2.45, 2.75) is 57.4 Å². The van der Waals surface area contributed by atoms with Crippen molar-refractivity contribution in [1.29, 1.82) is 0 Å². The van der Waals surface area contributed by atoms with Crippen molar-refractivity contribution in [2.24, 2.45) is 0 Å². The van der Waals surface area contributed by atoms with E-state index in [0.717, 1.165) is 18.1 Å². The summed E-state index contributed by atoms with van der Waals surface area (Å²) >= 11 is 3.23. The number of rotatable bonds is 8. The number of hydrogen-bond donors (Lipinski definition) is 0. The average molecular weight is 392 g/mol. The van der Waals surface area contributed by atoms with E-state index in [1.807, 2.05) is 20.8 Å². The molecule has 2 nitrogen and oxygen atoms in total. The van der Waals surface area contributed by atoms with Crippen LogP contribution in [0, 0.1) is 0 Å². The van der Waals surface area contributed by atoms with Crippen LogP contribution in [0.25, 0.3) is 0 Å². The molecular weight excluding hydrogens is 368 g/mol. The Morgan fingerprint density at radius 2 is 1.82 bits per heavy atom. The van der Waals surface area contributed by atoms with E-state index in [1.165, 1.54) is 13.1 Å². The number of aromatic nitrogens is 1. The van der Waals surface area contributed by atoms with Gasteiger partial charge in [0.05, 0.1) is 0 Å². The van der Waals surface area contributed by atoms with Crippen LogP contribution in [0.2, 0.25) is 18.1 Å². The molecule has 0 saturated carbocycles. The van der Waals surface area contributed by atoms with Crippen LogP contribution >= 0.6 is 15.9 Å². The van der Waals surface area contributed by atoms with Crippen molar-refractivity contribution >= 4 is 24.2 Å². The topological polar surface area (TPSA) is 22.1 Å². The van der Waals surface area contributed by atoms with Gasteiger partial charge < -0.3 is 4.43 Å². The minimum Gasteiger partial charge on any atom is -0.402 e. The van der Waals surface area contributed by atoms with Crippen LogP contribution in [0.3, 0.4) is 0 Å². The first kappa shape index (κ1) is 19.5. The number of alkyl halides is 2. The van der Waals surface area contributed by atoms with E-state index in [4.69, 9.17) is 4.43 Å². The Hall–Kier alpha value is -0.593. The number of hydrogen-bond acceptors (Lipinski definition) is 2. The van der Waals surface area contributed by atoms with Crippen LogP contribution in [0.4, 0.5) is 8.78 Å². The zero-order chi connectivity index (χ0) is 17.0. The quantitative estimate of drug-likeness (QED) is 0.312. The maximum absolute atomic E-state index is 14.7. The molecule has 0 spiro atoms. The second-order valence-electron chi connectivity index (χ2n) is 5.58. The van der Waals surface area contributed by atoms with Gasteiger partial charge in [-0.2, -0.15) is 8.78 Å². The lowest BCUT2D eigenvalue weighted by atomic mass is 9.90. The summed E-state index contributed by atoms with van der Waals surface area (Å²) < 4.78 is 36.2. The minimum atomic E-state index is -3.18. The zero-order valence-electron chi connectivity index (χ0n) is 13.6. The third-order valence-corrected chi connectivity index (χ3v) is 9.70. The van der Waals surface area contributed by atoms with Crippen molar-refractivity contribution in [2.75, 3.05) is 0 Å². The summed E-state index contributed by atoms with van der Waals surface area (Å²) in [7, 11) is -2.24. The zero-order valence-corrected chi connectivity index (χ0v) is 16.2. The predicted molar refractivity (Wildman–Crippen MR) is 92.7 cm³/mol. The van der Waals surface area contributed by atoms with Gasteiger partial charge in [-0.1, -0.05) is 33.4 Å². The molecule has 1 aromatic rings. The van der Waals surface area contributed by atoms with E-state index in [0.29, 0.717) is 16.2 Å². The number of pyridine rings is 1. The predicted octanol–water partition coefficient (Wildman–Crippen LogP) is 5.90. The fourth-order valence-electron chi connectivity index (χ4n) is 2.57. The van der Waals surface area contributed by atoms with E-state index < -0.39 is 19.8 Å². The van der Waals surface area contributed by atoms with E-state index in [-0.39, 0.29) is 0 Å². The van der Waals surface area contributed by atoms with Gasteiger partial charge in [0, 0.05) is 11.8 Å². The normalized spacial score (nSPS) is 15.4. The number of nitrogens with zero attached hydrogens (tertiary/aromatic N) is 1. The van der Waals surface area contributed by atoms with Gasteiger partial charge in [-0.15, -0.1) is 0 Å². The van der Waals surface area contributed by atoms with Crippen molar-refractivity contribution in [3.8, 4) is 0 Å². The molecule has 1 rings (SSSR count). The lowest BCUT2D eigenvalue weighted by Crippen LogP contribution is -2.52. The van der Waals surface area contributed by atoms with Gasteiger partial charge in [0.2, 0.25) is 0 Å². The maximum Gasteiger partial charge on any atom is 0.297 e. The molecule has 0 N–H and O–H groups in total. The van der Waals surface area contributed by atoms with E-state index in [1.54, 1.807) is 12.1 Å². The summed E-state index contributed by atoms with van der Waals surface area (Å²) in [6, 6.07) is 5.68. The third kappa shape index (κ3) is 3.66. The summed E-state index contributed by atoms with van der Waals surface area (Å²) in [5, 5.41) is 0. The van der Waals surface area contributed by atoms with Gasteiger partial charge in [0.15, 0.2) is 8.32 Å². The molecular formula is C16H24BrF2NOSi. The molecule has 0 aliphatic heterocycles. The molecule has 1 heterocycles. The highest BCUT2D eigenvalue weighted by Crippen LogP contribution is 2.45. The van der Waals surface area contributed by atoms with Gasteiger partial charge in [-0.25, -0.2) is 4.98 Å². The van der Waals surface area contributed by atoms with Gasteiger partial charge >= 0.3 is 0 Å². The van der Waals surface area contributed by atoms with Crippen LogP contribution in [0.1, 0.15) is 33.3 Å². The highest BCUT2D eigenvalue weighted by Gasteiger charge is 2.54. The van der Waals surface area contributed by atoms with Gasteiger partial charge in [0.25, 0.3) is 5.92 Å². The molecule has 1 atom stereocenters. The summed E-state index contributed by atoms with van der Waals surface area (Å²) in [6.45, 7) is 10.8. The summed E-state index contributed by atoms with van der Waals surface area (Å²) in [6.07, 6.45) is 2.12. The molecule has 0 bridgehead atoms. The summed E-state index contributed by atoms with van der Waals surface area (Å²) in [4.78, 5) is 4.09. The van der Waals surface area contributed by atoms with Crippen LogP contribution < -0.4 is 0 Å². The van der Waals surface area contributed by atoms with Gasteiger partial charge in [-0.3, -0.25) is 0 Å². The Kier molecular flexibility index (Phi) is 6.47. The second kappa shape index (κ2) is 7.32. The van der Waals surface area contributed by atoms with E-state index in [2.05, 4.69) is 27.5 Å². The first-order valence-corrected chi connectivity index (χ1v) is 10.9. The Morgan fingerprint density at radius 1 is 1.27 bits per heavy atom. The first-order chi connectivity index (χ1) is 10.2. The first-order valence-electron chi connectivity index (χ1n) is 7.54. The molecule has 0 aliphatic carbocycles. The molecule has 124 valence electrons. The number of halogens is 3. The van der Waals surface area contributed by atoms with E-state index in [9.17, 15) is 8.78 Å². The fraction of sp³-hybridized carbons (Fsp3) is 0.562. The fourth-order valence-corrected chi connectivity index (χ4v) is 5.86. The molecule has 1 aromatic heterocycles. The Balaban J connectivity index is 3.41. The Morgan fingerprint density at radius 3 is 2.18 bits per heavy atom. The van der Waals surface area contributed by atoms with E-state index >= 15 is 0 Å². The highest BCUT2D eigenvalue weighted by atomic mass is 79.9. The SMILES string of the molecule is C=CC(F)(F)C(C)(O[Si](CC)(CC)CC)c1ccc(Br)nc1. The maximum atomic E-state index is 14.7. The largest absolute Gasteiger partial charge is 0.402 e. The standard InChI is InChI=1S/C16H24BrF2NOSi/c1-6-16(18,19)15(5,13-10-11-14(17)20-12-13)21-22(7-2,8-3)9-4/h6,10-12H,1,7-9H2,2-5H3. The molecule has 0 fully saturated rings. The summed E-state index contributed by atoms with van der Waals surface area (Å²) in [5.41, 5.74) is -1.38. The second-order valence-corrected chi connectivity index (χ2v) is 11.1. The van der Waals surface area contributed by atoms with Crippen LogP contribution in [0.15, 0.2) is 35.6 Å². The molecule has 0 aliphatic rings. The molecule has 22 heavy (non-hydrogen) atoms. The molecule has 0 amide bonds. The third-order valence-electron chi connectivity index (χ3n) is 4.52. The monoisotopic (exact) mass is 391 g/mol. The van der Waals surface area contributed by atoms with Crippen molar-refractivity contribution in [3.05, 3.63) is 41.2 Å². The lowest BCUT2D eigenvalue weighted by molar-refractivity contribution is -0.134. The highest BCUT2D eigenvalue weighted by molar-refractivity contribution is 9.10. The lowest BCUT2D eigenvalue weighted by Gasteiger charge is -2.43. The minimum absolute atomic E-state index is 0.368. The van der Waals surface area contributed by atoms with Gasteiger partial charge in [0.1, 0.15) is 10.2 Å². The molecule has 0 aromatic carbocycles. The smallest absolute Gasteiger partial charge is 0.297 e. The summed E-state index contributed by atoms with van der Waals surface area (Å²) in [5.74, 6) is -3.18. The van der Waals surface area contributed by atoms with Crippen molar-refractivity contribution in [3.63, 3.8) is 0 Å². The van der Waals surface area contributed by atoms with Crippen molar-refractivity contribution in [1.82, 2.24) is 4.98 Å².